The van der Waals surface area contributed by atoms with Gasteiger partial charge < -0.3 is 14.7 Å². The summed E-state index contributed by atoms with van der Waals surface area (Å²) in [5.41, 5.74) is 5.29. The zero-order valence-corrected chi connectivity index (χ0v) is 20.9. The summed E-state index contributed by atoms with van der Waals surface area (Å²) in [6, 6.07) is 20.0. The van der Waals surface area contributed by atoms with E-state index in [1.807, 2.05) is 24.3 Å². The summed E-state index contributed by atoms with van der Waals surface area (Å²) in [7, 11) is 1.46. The Balaban J connectivity index is 1.42. The average Bonchev–Trinajstić information content (AvgIpc) is 3.17. The highest BCUT2D eigenvalue weighted by atomic mass is 79.9. The Morgan fingerprint density at radius 1 is 1.03 bits per heavy atom. The SMILES string of the molecule is CCC(C(=O)O)N(C)C(=O)c1ccc(NC(=O)OCC2c3ccccc3-c3ccccc32)c(Br)c1. The lowest BCUT2D eigenvalue weighted by Crippen LogP contribution is -2.41. The van der Waals surface area contributed by atoms with Gasteiger partial charge in [-0.15, -0.1) is 0 Å². The molecule has 3 aromatic carbocycles. The zero-order chi connectivity index (χ0) is 25.1. The summed E-state index contributed by atoms with van der Waals surface area (Å²) in [5.74, 6) is -1.53. The van der Waals surface area contributed by atoms with E-state index in [9.17, 15) is 19.5 Å². The number of hydrogen-bond donors (Lipinski definition) is 2. The molecular weight excluding hydrogens is 512 g/mol. The Kier molecular flexibility index (Phi) is 7.21. The zero-order valence-electron chi connectivity index (χ0n) is 19.3. The van der Waals surface area contributed by atoms with Crippen molar-refractivity contribution in [1.82, 2.24) is 4.90 Å². The number of carbonyl (C=O) groups excluding carboxylic acids is 2. The maximum atomic E-state index is 12.7. The van der Waals surface area contributed by atoms with E-state index in [1.54, 1.807) is 19.1 Å². The molecular formula is C27H25BrN2O5. The number of benzene rings is 3. The van der Waals surface area contributed by atoms with Crippen LogP contribution in [0.1, 0.15) is 40.7 Å². The lowest BCUT2D eigenvalue weighted by Gasteiger charge is -2.24. The van der Waals surface area contributed by atoms with Crippen LogP contribution in [0, 0.1) is 0 Å². The number of nitrogens with one attached hydrogen (secondary N) is 1. The molecule has 0 saturated carbocycles. The molecule has 35 heavy (non-hydrogen) atoms. The highest BCUT2D eigenvalue weighted by Crippen LogP contribution is 2.44. The summed E-state index contributed by atoms with van der Waals surface area (Å²) >= 11 is 3.38. The maximum absolute atomic E-state index is 12.7. The van der Waals surface area contributed by atoms with Crippen molar-refractivity contribution in [3.8, 4) is 11.1 Å². The van der Waals surface area contributed by atoms with Crippen LogP contribution in [0.2, 0.25) is 0 Å². The van der Waals surface area contributed by atoms with Crippen LogP contribution < -0.4 is 5.32 Å². The molecule has 2 amide bonds. The Bertz CT molecular complexity index is 1250. The fourth-order valence-electron chi connectivity index (χ4n) is 4.45. The van der Waals surface area contributed by atoms with E-state index in [2.05, 4.69) is 45.5 Å². The minimum Gasteiger partial charge on any atom is -0.480 e. The van der Waals surface area contributed by atoms with Gasteiger partial charge in [-0.1, -0.05) is 55.5 Å². The van der Waals surface area contributed by atoms with Gasteiger partial charge in [-0.25, -0.2) is 9.59 Å². The molecule has 7 nitrogen and oxygen atoms in total. The van der Waals surface area contributed by atoms with Crippen molar-refractivity contribution in [3.63, 3.8) is 0 Å². The van der Waals surface area contributed by atoms with Crippen molar-refractivity contribution in [3.05, 3.63) is 87.9 Å². The van der Waals surface area contributed by atoms with Crippen LogP contribution in [0.3, 0.4) is 0 Å². The van der Waals surface area contributed by atoms with Gasteiger partial charge in [-0.2, -0.15) is 0 Å². The lowest BCUT2D eigenvalue weighted by molar-refractivity contribution is -0.142. The molecule has 0 bridgehead atoms. The minimum absolute atomic E-state index is 0.0483. The number of hydrogen-bond acceptors (Lipinski definition) is 4. The fraction of sp³-hybridized carbons (Fsp3) is 0.222. The van der Waals surface area contributed by atoms with Gasteiger partial charge in [-0.3, -0.25) is 10.1 Å². The standard InChI is InChI=1S/C27H25BrN2O5/c1-3-24(26(32)33)30(2)25(31)16-12-13-23(22(28)14-16)29-27(34)35-15-21-19-10-6-4-8-17(19)18-9-5-7-11-20(18)21/h4-14,21,24H,3,15H2,1-2H3,(H,29,34)(H,32,33). The van der Waals surface area contributed by atoms with Crippen molar-refractivity contribution in [2.75, 3.05) is 19.0 Å². The Labute approximate surface area is 211 Å². The van der Waals surface area contributed by atoms with Crippen LogP contribution in [0.4, 0.5) is 10.5 Å². The molecule has 3 aromatic rings. The number of anilines is 1. The van der Waals surface area contributed by atoms with Crippen LogP contribution in [-0.4, -0.2) is 47.7 Å². The van der Waals surface area contributed by atoms with Gasteiger partial charge in [0, 0.05) is 23.0 Å². The van der Waals surface area contributed by atoms with Gasteiger partial charge in [0.2, 0.25) is 0 Å². The summed E-state index contributed by atoms with van der Waals surface area (Å²) in [4.78, 5) is 37.9. The third kappa shape index (κ3) is 4.93. The number of amides is 2. The van der Waals surface area contributed by atoms with Gasteiger partial charge >= 0.3 is 12.1 Å². The third-order valence-electron chi connectivity index (χ3n) is 6.26. The molecule has 1 aliphatic rings. The number of fused-ring (bicyclic) bond motifs is 3. The highest BCUT2D eigenvalue weighted by molar-refractivity contribution is 9.10. The molecule has 0 spiro atoms. The van der Waals surface area contributed by atoms with Gasteiger partial charge in [0.05, 0.1) is 5.69 Å². The molecule has 4 rings (SSSR count). The highest BCUT2D eigenvalue weighted by Gasteiger charge is 2.29. The molecule has 0 aromatic heterocycles. The maximum Gasteiger partial charge on any atom is 0.411 e. The quantitative estimate of drug-likeness (QED) is 0.401. The van der Waals surface area contributed by atoms with E-state index in [0.717, 1.165) is 22.3 Å². The summed E-state index contributed by atoms with van der Waals surface area (Å²) in [6.45, 7) is 1.90. The molecule has 1 aliphatic carbocycles. The van der Waals surface area contributed by atoms with Crippen molar-refractivity contribution in [2.45, 2.75) is 25.3 Å². The second-order valence-electron chi connectivity index (χ2n) is 8.32. The van der Waals surface area contributed by atoms with Crippen LogP contribution in [0.5, 0.6) is 0 Å². The number of rotatable bonds is 7. The fourth-order valence-corrected chi connectivity index (χ4v) is 4.93. The number of nitrogens with zero attached hydrogens (tertiary/aromatic N) is 1. The molecule has 0 radical (unpaired) electrons. The topological polar surface area (TPSA) is 95.9 Å². The summed E-state index contributed by atoms with van der Waals surface area (Å²) < 4.78 is 6.06. The van der Waals surface area contributed by atoms with E-state index < -0.39 is 24.0 Å². The molecule has 2 N–H and O–H groups in total. The van der Waals surface area contributed by atoms with E-state index in [4.69, 9.17) is 4.74 Å². The normalized spacial score (nSPS) is 12.9. The predicted octanol–water partition coefficient (Wildman–Crippen LogP) is 5.75. The number of carboxylic acids is 1. The summed E-state index contributed by atoms with van der Waals surface area (Å²) in [5, 5.41) is 12.0. The summed E-state index contributed by atoms with van der Waals surface area (Å²) in [6.07, 6.45) is -0.319. The molecule has 180 valence electrons. The first kappa shape index (κ1) is 24.5. The Morgan fingerprint density at radius 2 is 1.63 bits per heavy atom. The largest absolute Gasteiger partial charge is 0.480 e. The third-order valence-corrected chi connectivity index (χ3v) is 6.91. The second-order valence-corrected chi connectivity index (χ2v) is 9.18. The molecule has 0 fully saturated rings. The first-order valence-electron chi connectivity index (χ1n) is 11.2. The number of ether oxygens (including phenoxy) is 1. The number of aliphatic carboxylic acids is 1. The number of halogens is 1. The van der Waals surface area contributed by atoms with E-state index in [0.29, 0.717) is 22.1 Å². The van der Waals surface area contributed by atoms with Crippen LogP contribution in [0.15, 0.2) is 71.2 Å². The molecule has 1 atom stereocenters. The van der Waals surface area contributed by atoms with Crippen LogP contribution in [-0.2, 0) is 9.53 Å². The molecule has 0 aliphatic heterocycles. The van der Waals surface area contributed by atoms with Crippen LogP contribution in [0.25, 0.3) is 11.1 Å². The average molecular weight is 537 g/mol. The number of carboxylic acid groups (broad SMARTS) is 1. The molecule has 8 heteroatoms. The second kappa shape index (κ2) is 10.3. The van der Waals surface area contributed by atoms with Crippen molar-refractivity contribution in [1.29, 1.82) is 0 Å². The van der Waals surface area contributed by atoms with Gasteiger partial charge in [0.25, 0.3) is 5.91 Å². The van der Waals surface area contributed by atoms with E-state index in [1.165, 1.54) is 18.0 Å². The lowest BCUT2D eigenvalue weighted by atomic mass is 9.98. The van der Waals surface area contributed by atoms with Crippen LogP contribution >= 0.6 is 15.9 Å². The first-order valence-corrected chi connectivity index (χ1v) is 12.0. The van der Waals surface area contributed by atoms with Crippen molar-refractivity contribution < 1.29 is 24.2 Å². The van der Waals surface area contributed by atoms with Gasteiger partial charge in [0.15, 0.2) is 0 Å². The van der Waals surface area contributed by atoms with Crippen molar-refractivity contribution in [2.24, 2.45) is 0 Å². The predicted molar refractivity (Wildman–Crippen MR) is 137 cm³/mol. The smallest absolute Gasteiger partial charge is 0.411 e. The Hall–Kier alpha value is -3.65. The van der Waals surface area contributed by atoms with E-state index in [-0.39, 0.29) is 12.5 Å². The Morgan fingerprint density at radius 3 is 2.17 bits per heavy atom. The van der Waals surface area contributed by atoms with E-state index >= 15 is 0 Å². The molecule has 0 heterocycles. The number of carbonyl (C=O) groups is 3. The van der Waals surface area contributed by atoms with Crippen molar-refractivity contribution >= 4 is 39.6 Å². The molecule has 0 saturated heterocycles. The minimum atomic E-state index is -1.06. The number of likely N-dealkylation sites (N-methyl/N-ethyl adjacent to an activating group) is 1. The van der Waals surface area contributed by atoms with Gasteiger partial charge in [-0.05, 0) is 62.8 Å². The monoisotopic (exact) mass is 536 g/mol. The molecule has 1 unspecified atom stereocenters. The first-order chi connectivity index (χ1) is 16.8. The van der Waals surface area contributed by atoms with Gasteiger partial charge in [0.1, 0.15) is 12.6 Å².